The predicted octanol–water partition coefficient (Wildman–Crippen LogP) is 4.57. The van der Waals surface area contributed by atoms with Crippen molar-refractivity contribution in [2.75, 3.05) is 6.54 Å². The zero-order valence-corrected chi connectivity index (χ0v) is 18.8. The van der Waals surface area contributed by atoms with Gasteiger partial charge in [-0.1, -0.05) is 38.1 Å². The van der Waals surface area contributed by atoms with E-state index in [9.17, 15) is 9.90 Å². The molecule has 4 aromatic rings. The normalized spacial score (nSPS) is 12.8. The van der Waals surface area contributed by atoms with E-state index in [1.165, 1.54) is 11.3 Å². The third-order valence-electron chi connectivity index (χ3n) is 5.48. The van der Waals surface area contributed by atoms with Crippen LogP contribution in [-0.2, 0) is 13.1 Å². The highest BCUT2D eigenvalue weighted by Gasteiger charge is 2.19. The second kappa shape index (κ2) is 9.18. The number of hydrogen-bond acceptors (Lipinski definition) is 6. The molecule has 0 bridgehead atoms. The van der Waals surface area contributed by atoms with Crippen molar-refractivity contribution < 1.29 is 9.52 Å². The van der Waals surface area contributed by atoms with Crippen molar-refractivity contribution in [2.45, 2.75) is 40.0 Å². The van der Waals surface area contributed by atoms with E-state index in [1.54, 1.807) is 6.26 Å². The van der Waals surface area contributed by atoms with E-state index in [-0.39, 0.29) is 11.5 Å². The number of thiophene rings is 1. The second-order valence-corrected chi connectivity index (χ2v) is 9.08. The summed E-state index contributed by atoms with van der Waals surface area (Å²) < 4.78 is 5.49. The molecule has 31 heavy (non-hydrogen) atoms. The summed E-state index contributed by atoms with van der Waals surface area (Å²) in [5, 5.41) is 13.1. The minimum absolute atomic E-state index is 0.127. The number of rotatable bonds is 8. The number of aryl methyl sites for hydroxylation is 1. The largest absolute Gasteiger partial charge is 0.468 e. The molecule has 1 atom stereocenters. The number of aliphatic hydroxyl groups is 1. The molecule has 0 saturated heterocycles. The highest BCUT2D eigenvalue weighted by atomic mass is 32.1. The molecule has 1 aromatic carbocycles. The van der Waals surface area contributed by atoms with Crippen LogP contribution < -0.4 is 5.56 Å². The highest BCUT2D eigenvalue weighted by molar-refractivity contribution is 7.17. The average molecular weight is 438 g/mol. The predicted molar refractivity (Wildman–Crippen MR) is 124 cm³/mol. The van der Waals surface area contributed by atoms with Crippen LogP contribution in [0.3, 0.4) is 0 Å². The average Bonchev–Trinajstić information content (AvgIpc) is 3.38. The number of fused-ring (bicyclic) bond motifs is 1. The maximum atomic E-state index is 13.0. The molecule has 0 aliphatic heterocycles. The minimum atomic E-state index is -0.486. The first-order valence-electron chi connectivity index (χ1n) is 10.4. The van der Waals surface area contributed by atoms with E-state index in [2.05, 4.69) is 4.98 Å². The van der Waals surface area contributed by atoms with E-state index in [4.69, 9.17) is 9.40 Å². The second-order valence-electron chi connectivity index (χ2n) is 8.22. The quantitative estimate of drug-likeness (QED) is 0.422. The molecule has 0 unspecified atom stereocenters. The van der Waals surface area contributed by atoms with Gasteiger partial charge in [0.05, 0.1) is 30.8 Å². The molecule has 0 saturated carbocycles. The summed E-state index contributed by atoms with van der Waals surface area (Å²) >= 11 is 1.48. The van der Waals surface area contributed by atoms with Gasteiger partial charge in [0, 0.05) is 17.5 Å². The van der Waals surface area contributed by atoms with Crippen LogP contribution in [0, 0.1) is 12.8 Å². The maximum Gasteiger partial charge on any atom is 0.260 e. The van der Waals surface area contributed by atoms with E-state index in [1.807, 2.05) is 67.4 Å². The van der Waals surface area contributed by atoms with Crippen molar-refractivity contribution in [1.82, 2.24) is 14.9 Å². The van der Waals surface area contributed by atoms with Crippen LogP contribution in [0.25, 0.3) is 21.3 Å². The third-order valence-corrected chi connectivity index (χ3v) is 6.35. The van der Waals surface area contributed by atoms with Gasteiger partial charge in [0.2, 0.25) is 0 Å². The number of nitrogens with one attached hydrogen (secondary N) is 1. The van der Waals surface area contributed by atoms with Crippen molar-refractivity contribution in [1.29, 1.82) is 0 Å². The molecular weight excluding hydrogens is 410 g/mol. The molecule has 162 valence electrons. The summed E-state index contributed by atoms with van der Waals surface area (Å²) in [7, 11) is 0. The van der Waals surface area contributed by atoms with Crippen molar-refractivity contribution in [3.8, 4) is 11.1 Å². The van der Waals surface area contributed by atoms with Crippen molar-refractivity contribution in [2.24, 2.45) is 5.92 Å². The van der Waals surface area contributed by atoms with Gasteiger partial charge in [-0.25, -0.2) is 4.98 Å². The smallest absolute Gasteiger partial charge is 0.260 e. The maximum absolute atomic E-state index is 13.0. The first-order chi connectivity index (χ1) is 14.9. The van der Waals surface area contributed by atoms with Gasteiger partial charge in [0.1, 0.15) is 16.4 Å². The Labute approximate surface area is 185 Å². The fraction of sp³-hybridized carbons (Fsp3) is 0.333. The topological polar surface area (TPSA) is 82.4 Å². The lowest BCUT2D eigenvalue weighted by Gasteiger charge is -2.25. The zero-order chi connectivity index (χ0) is 22.0. The Morgan fingerprint density at radius 1 is 1.16 bits per heavy atom. The summed E-state index contributed by atoms with van der Waals surface area (Å²) in [4.78, 5) is 23.5. The van der Waals surface area contributed by atoms with E-state index in [0.29, 0.717) is 30.8 Å². The Bertz CT molecular complexity index is 1210. The molecule has 3 heterocycles. The van der Waals surface area contributed by atoms with Gasteiger partial charge in [-0.05, 0) is 36.1 Å². The van der Waals surface area contributed by atoms with E-state index < -0.39 is 6.10 Å². The van der Waals surface area contributed by atoms with Crippen LogP contribution in [0.5, 0.6) is 0 Å². The minimum Gasteiger partial charge on any atom is -0.468 e. The van der Waals surface area contributed by atoms with Gasteiger partial charge in [0.15, 0.2) is 0 Å². The fourth-order valence-corrected chi connectivity index (χ4v) is 4.59. The standard InChI is InChI=1S/C24H27N3O3S/c1-15(2)20(28)12-27(11-17-8-6-10-30-17)13-21-25-23(29)22-19(14-31-24(22)26-21)18-9-5-4-7-16(18)3/h4-10,14-15,20,28H,11-13H2,1-3H3,(H,25,26,29)/t20-/m1/s1. The summed E-state index contributed by atoms with van der Waals surface area (Å²) in [6, 6.07) is 11.8. The molecule has 0 radical (unpaired) electrons. The number of H-pyrrole nitrogens is 1. The van der Waals surface area contributed by atoms with Crippen molar-refractivity contribution >= 4 is 21.6 Å². The molecule has 4 rings (SSSR count). The number of benzene rings is 1. The third kappa shape index (κ3) is 4.79. The number of aromatic amines is 1. The first kappa shape index (κ1) is 21.5. The first-order valence-corrected chi connectivity index (χ1v) is 11.3. The molecule has 7 heteroatoms. The summed E-state index contributed by atoms with van der Waals surface area (Å²) in [6.07, 6.45) is 1.15. The van der Waals surface area contributed by atoms with Crippen molar-refractivity contribution in [3.05, 3.63) is 75.5 Å². The van der Waals surface area contributed by atoms with Gasteiger partial charge in [-0.2, -0.15) is 0 Å². The summed E-state index contributed by atoms with van der Waals surface area (Å²) in [6.45, 7) is 7.41. The van der Waals surface area contributed by atoms with E-state index >= 15 is 0 Å². The summed E-state index contributed by atoms with van der Waals surface area (Å²) in [5.41, 5.74) is 2.95. The molecule has 0 spiro atoms. The van der Waals surface area contributed by atoms with Gasteiger partial charge in [0.25, 0.3) is 5.56 Å². The van der Waals surface area contributed by atoms with Crippen LogP contribution in [0.2, 0.25) is 0 Å². The Morgan fingerprint density at radius 3 is 2.68 bits per heavy atom. The number of hydrogen-bond donors (Lipinski definition) is 2. The Balaban J connectivity index is 1.65. The molecule has 2 N–H and O–H groups in total. The Morgan fingerprint density at radius 2 is 1.97 bits per heavy atom. The summed E-state index contributed by atoms with van der Waals surface area (Å²) in [5.74, 6) is 1.51. The lowest BCUT2D eigenvalue weighted by molar-refractivity contribution is 0.0660. The molecule has 0 amide bonds. The molecule has 3 aromatic heterocycles. The van der Waals surface area contributed by atoms with Gasteiger partial charge in [-0.15, -0.1) is 11.3 Å². The van der Waals surface area contributed by atoms with Crippen LogP contribution in [0.15, 0.2) is 57.3 Å². The van der Waals surface area contributed by atoms with Crippen LogP contribution in [0.4, 0.5) is 0 Å². The van der Waals surface area contributed by atoms with Crippen LogP contribution in [0.1, 0.15) is 31.0 Å². The lowest BCUT2D eigenvalue weighted by atomic mass is 10.0. The zero-order valence-electron chi connectivity index (χ0n) is 18.0. The molecule has 0 fully saturated rings. The SMILES string of the molecule is Cc1ccccc1-c1csc2nc(CN(Cc3ccco3)C[C@@H](O)C(C)C)[nH]c(=O)c12. The van der Waals surface area contributed by atoms with Crippen LogP contribution in [-0.4, -0.2) is 32.6 Å². The number of nitrogens with zero attached hydrogens (tertiary/aromatic N) is 2. The van der Waals surface area contributed by atoms with Gasteiger partial charge < -0.3 is 14.5 Å². The number of furan rings is 1. The monoisotopic (exact) mass is 437 g/mol. The van der Waals surface area contributed by atoms with Gasteiger partial charge in [-0.3, -0.25) is 9.69 Å². The van der Waals surface area contributed by atoms with Gasteiger partial charge >= 0.3 is 0 Å². The fourth-order valence-electron chi connectivity index (χ4n) is 3.64. The highest BCUT2D eigenvalue weighted by Crippen LogP contribution is 2.32. The Kier molecular flexibility index (Phi) is 6.36. The number of aromatic nitrogens is 2. The lowest BCUT2D eigenvalue weighted by Crippen LogP contribution is -2.35. The molecule has 6 nitrogen and oxygen atoms in total. The number of aliphatic hydroxyl groups excluding tert-OH is 1. The molecule has 0 aliphatic carbocycles. The van der Waals surface area contributed by atoms with Crippen LogP contribution >= 0.6 is 11.3 Å². The molecule has 0 aliphatic rings. The van der Waals surface area contributed by atoms with E-state index in [0.717, 1.165) is 27.3 Å². The Hall–Kier alpha value is -2.74. The molecular formula is C24H27N3O3S. The van der Waals surface area contributed by atoms with Crippen molar-refractivity contribution in [3.63, 3.8) is 0 Å².